The van der Waals surface area contributed by atoms with E-state index in [4.69, 9.17) is 0 Å². The molecule has 200 valence electrons. The van der Waals surface area contributed by atoms with Gasteiger partial charge in [0.15, 0.2) is 0 Å². The number of aromatic nitrogens is 3. The van der Waals surface area contributed by atoms with Crippen molar-refractivity contribution in [2.24, 2.45) is 0 Å². The van der Waals surface area contributed by atoms with Gasteiger partial charge in [0.25, 0.3) is 0 Å². The topological polar surface area (TPSA) is 41.9 Å². The van der Waals surface area contributed by atoms with Gasteiger partial charge in [-0.15, -0.1) is 34.0 Å². The second-order valence-corrected chi connectivity index (χ2v) is 13.1. The highest BCUT2D eigenvalue weighted by molar-refractivity contribution is 7.16. The summed E-state index contributed by atoms with van der Waals surface area (Å²) in [5.41, 5.74) is 3.58. The Balaban J connectivity index is 1.11. The molecule has 0 unspecified atom stereocenters. The van der Waals surface area contributed by atoms with Crippen molar-refractivity contribution in [2.75, 3.05) is 19.6 Å². The second-order valence-electron chi connectivity index (χ2n) is 9.61. The first-order valence-electron chi connectivity index (χ1n) is 13.5. The lowest BCUT2D eigenvalue weighted by Crippen LogP contribution is -2.30. The Labute approximate surface area is 247 Å². The summed E-state index contributed by atoms with van der Waals surface area (Å²) < 4.78 is 0. The van der Waals surface area contributed by atoms with Gasteiger partial charge in [0.2, 0.25) is 0 Å². The number of thiophene rings is 3. The Bertz CT molecular complexity index is 1410. The van der Waals surface area contributed by atoms with E-state index in [-0.39, 0.29) is 0 Å². The van der Waals surface area contributed by atoms with Crippen LogP contribution in [0.2, 0.25) is 0 Å². The molecule has 0 aliphatic carbocycles. The van der Waals surface area contributed by atoms with Gasteiger partial charge in [0, 0.05) is 103 Å². The molecule has 0 aliphatic heterocycles. The third-order valence-electron chi connectivity index (χ3n) is 6.85. The minimum Gasteiger partial charge on any atom is -0.302 e. The SMILES string of the molecule is c1cncc(-c2ccc(CCN(CCc3ccc(-c4cccnc4)s3)CCc3ccc(-c4cccnc4)s3)s2)c1. The molecule has 0 bridgehead atoms. The van der Waals surface area contributed by atoms with Crippen molar-refractivity contribution in [3.05, 3.63) is 125 Å². The van der Waals surface area contributed by atoms with E-state index in [0.717, 1.165) is 38.9 Å². The van der Waals surface area contributed by atoms with E-state index in [1.165, 1.54) is 46.0 Å². The number of rotatable bonds is 12. The molecule has 6 heterocycles. The molecule has 0 saturated heterocycles. The molecule has 0 fully saturated rings. The van der Waals surface area contributed by atoms with Gasteiger partial charge in [-0.05, 0) is 73.9 Å². The minimum absolute atomic E-state index is 1.05. The zero-order valence-electron chi connectivity index (χ0n) is 22.1. The van der Waals surface area contributed by atoms with E-state index < -0.39 is 0 Å². The molecule has 0 aromatic carbocycles. The maximum Gasteiger partial charge on any atom is 0.0361 e. The van der Waals surface area contributed by atoms with Crippen molar-refractivity contribution >= 4 is 34.0 Å². The fraction of sp³-hybridized carbons (Fsp3) is 0.182. The quantitative estimate of drug-likeness (QED) is 0.146. The first kappa shape index (κ1) is 26.7. The van der Waals surface area contributed by atoms with Crippen molar-refractivity contribution in [3.63, 3.8) is 0 Å². The molecule has 6 aromatic heterocycles. The molecule has 0 amide bonds. The Hall–Kier alpha value is -3.49. The third-order valence-corrected chi connectivity index (χ3v) is 10.4. The van der Waals surface area contributed by atoms with Crippen LogP contribution >= 0.6 is 34.0 Å². The first-order valence-corrected chi connectivity index (χ1v) is 15.9. The monoisotopic (exact) mass is 578 g/mol. The summed E-state index contributed by atoms with van der Waals surface area (Å²) in [6.07, 6.45) is 14.5. The zero-order chi connectivity index (χ0) is 27.0. The summed E-state index contributed by atoms with van der Waals surface area (Å²) in [5, 5.41) is 0. The summed E-state index contributed by atoms with van der Waals surface area (Å²) in [4.78, 5) is 23.6. The largest absolute Gasteiger partial charge is 0.302 e. The Morgan fingerprint density at radius 1 is 0.450 bits per heavy atom. The van der Waals surface area contributed by atoms with E-state index in [0.29, 0.717) is 0 Å². The zero-order valence-corrected chi connectivity index (χ0v) is 24.6. The summed E-state index contributed by atoms with van der Waals surface area (Å²) >= 11 is 5.65. The molecule has 7 heteroatoms. The lowest BCUT2D eigenvalue weighted by atomic mass is 10.2. The van der Waals surface area contributed by atoms with Gasteiger partial charge in [-0.2, -0.15) is 0 Å². The molecule has 6 rings (SSSR count). The molecule has 0 aliphatic rings. The van der Waals surface area contributed by atoms with Gasteiger partial charge < -0.3 is 4.90 Å². The van der Waals surface area contributed by atoms with Crippen LogP contribution in [0.15, 0.2) is 110 Å². The molecule has 6 aromatic rings. The third kappa shape index (κ3) is 6.98. The summed E-state index contributed by atoms with van der Waals surface area (Å²) in [7, 11) is 0. The highest BCUT2D eigenvalue weighted by atomic mass is 32.1. The Kier molecular flexibility index (Phi) is 8.85. The molecule has 0 saturated carbocycles. The number of pyridine rings is 3. The predicted octanol–water partition coefficient (Wildman–Crippen LogP) is 8.39. The maximum atomic E-state index is 4.29. The highest BCUT2D eigenvalue weighted by Crippen LogP contribution is 2.30. The number of nitrogens with zero attached hydrogens (tertiary/aromatic N) is 4. The molecule has 40 heavy (non-hydrogen) atoms. The van der Waals surface area contributed by atoms with Gasteiger partial charge in [-0.3, -0.25) is 15.0 Å². The average Bonchev–Trinajstić information content (AvgIpc) is 3.80. The second kappa shape index (κ2) is 13.2. The fourth-order valence-electron chi connectivity index (χ4n) is 4.67. The van der Waals surface area contributed by atoms with Gasteiger partial charge in [-0.25, -0.2) is 0 Å². The van der Waals surface area contributed by atoms with E-state index in [1.807, 2.05) is 89.4 Å². The lowest BCUT2D eigenvalue weighted by molar-refractivity contribution is 0.286. The molecule has 0 atom stereocenters. The van der Waals surface area contributed by atoms with Crippen molar-refractivity contribution in [1.29, 1.82) is 0 Å². The maximum absolute atomic E-state index is 4.29. The number of hydrogen-bond acceptors (Lipinski definition) is 7. The minimum atomic E-state index is 1.05. The van der Waals surface area contributed by atoms with Gasteiger partial charge in [-0.1, -0.05) is 18.2 Å². The van der Waals surface area contributed by atoms with E-state index >= 15 is 0 Å². The molecule has 4 nitrogen and oxygen atoms in total. The van der Waals surface area contributed by atoms with Crippen molar-refractivity contribution < 1.29 is 0 Å². The van der Waals surface area contributed by atoms with Crippen LogP contribution < -0.4 is 0 Å². The van der Waals surface area contributed by atoms with Gasteiger partial charge in [0.05, 0.1) is 0 Å². The Morgan fingerprint density at radius 3 is 1.10 bits per heavy atom. The van der Waals surface area contributed by atoms with Gasteiger partial charge in [0.1, 0.15) is 0 Å². The first-order chi connectivity index (χ1) is 19.8. The normalized spacial score (nSPS) is 11.3. The summed E-state index contributed by atoms with van der Waals surface area (Å²) in [5.74, 6) is 0. The van der Waals surface area contributed by atoms with Crippen molar-refractivity contribution in [2.45, 2.75) is 19.3 Å². The van der Waals surface area contributed by atoms with E-state index in [2.05, 4.69) is 74.4 Å². The molecular formula is C33H30N4S3. The fourth-order valence-corrected chi connectivity index (χ4v) is 7.63. The van der Waals surface area contributed by atoms with Crippen molar-refractivity contribution in [1.82, 2.24) is 19.9 Å². The van der Waals surface area contributed by atoms with Gasteiger partial charge >= 0.3 is 0 Å². The molecule has 0 radical (unpaired) electrons. The van der Waals surface area contributed by atoms with Crippen LogP contribution in [0.1, 0.15) is 14.6 Å². The van der Waals surface area contributed by atoms with Crippen LogP contribution in [0, 0.1) is 0 Å². The van der Waals surface area contributed by atoms with Crippen LogP contribution in [-0.2, 0) is 19.3 Å². The summed E-state index contributed by atoms with van der Waals surface area (Å²) in [6.45, 7) is 3.15. The van der Waals surface area contributed by atoms with E-state index in [9.17, 15) is 0 Å². The standard InChI is InChI=1S/C33H30N4S3/c1-4-25(22-34-16-1)31-10-7-28(38-31)13-19-37(20-14-29-8-11-32(39-29)26-5-2-17-35-23-26)21-15-30-9-12-33(40-30)27-6-3-18-36-24-27/h1-12,16-18,22-24H,13-15,19-21H2. The van der Waals surface area contributed by atoms with Crippen molar-refractivity contribution in [3.8, 4) is 31.3 Å². The lowest BCUT2D eigenvalue weighted by Gasteiger charge is -2.21. The number of hydrogen-bond donors (Lipinski definition) is 0. The summed E-state index contributed by atoms with van der Waals surface area (Å²) in [6, 6.07) is 26.0. The average molecular weight is 579 g/mol. The van der Waals surface area contributed by atoms with E-state index in [1.54, 1.807) is 0 Å². The van der Waals surface area contributed by atoms with Crippen LogP contribution in [0.4, 0.5) is 0 Å². The van der Waals surface area contributed by atoms with Crippen LogP contribution in [0.3, 0.4) is 0 Å². The molecular weight excluding hydrogens is 549 g/mol. The highest BCUT2D eigenvalue weighted by Gasteiger charge is 2.12. The van der Waals surface area contributed by atoms with Crippen LogP contribution in [0.25, 0.3) is 31.3 Å². The molecule has 0 spiro atoms. The molecule has 0 N–H and O–H groups in total. The van der Waals surface area contributed by atoms with Crippen LogP contribution in [-0.4, -0.2) is 39.5 Å². The smallest absolute Gasteiger partial charge is 0.0361 e. The Morgan fingerprint density at radius 2 is 0.800 bits per heavy atom. The predicted molar refractivity (Wildman–Crippen MR) is 170 cm³/mol. The van der Waals surface area contributed by atoms with Crippen LogP contribution in [0.5, 0.6) is 0 Å².